The van der Waals surface area contributed by atoms with Crippen LogP contribution in [0.3, 0.4) is 0 Å². The monoisotopic (exact) mass is 267 g/mol. The zero-order valence-electron chi connectivity index (χ0n) is 9.41. The number of aromatic nitrogens is 4. The van der Waals surface area contributed by atoms with Crippen molar-refractivity contribution in [2.24, 2.45) is 0 Å². The van der Waals surface area contributed by atoms with E-state index in [2.05, 4.69) is 20.8 Å². The smallest absolute Gasteiger partial charge is 0.325 e. The highest BCUT2D eigenvalue weighted by Crippen LogP contribution is 2.25. The van der Waals surface area contributed by atoms with E-state index in [0.29, 0.717) is 16.4 Å². The highest BCUT2D eigenvalue weighted by Gasteiger charge is 2.13. The first-order chi connectivity index (χ1) is 8.58. The van der Waals surface area contributed by atoms with E-state index in [-0.39, 0.29) is 0 Å². The molecular formula is C10H10ClN5O2. The number of carbonyl (C=O) groups is 1. The molecule has 94 valence electrons. The summed E-state index contributed by atoms with van der Waals surface area (Å²) in [6.45, 7) is 1.53. The molecule has 1 heterocycles. The predicted molar refractivity (Wildman–Crippen MR) is 64.9 cm³/mol. The van der Waals surface area contributed by atoms with Crippen LogP contribution in [-0.4, -0.2) is 37.3 Å². The quantitative estimate of drug-likeness (QED) is 0.865. The molecule has 0 aliphatic rings. The van der Waals surface area contributed by atoms with E-state index in [4.69, 9.17) is 16.7 Å². The fourth-order valence-corrected chi connectivity index (χ4v) is 1.51. The van der Waals surface area contributed by atoms with Gasteiger partial charge in [-0.3, -0.25) is 4.79 Å². The Hall–Kier alpha value is -2.15. The first-order valence-electron chi connectivity index (χ1n) is 5.10. The number of carboxylic acid groups (broad SMARTS) is 1. The number of rotatable bonds is 4. The van der Waals surface area contributed by atoms with Crippen molar-refractivity contribution < 1.29 is 9.90 Å². The number of hydrogen-bond donors (Lipinski definition) is 2. The van der Waals surface area contributed by atoms with E-state index < -0.39 is 12.0 Å². The normalized spacial score (nSPS) is 12.1. The molecule has 0 bridgehead atoms. The molecule has 2 aromatic rings. The number of nitrogens with one attached hydrogen (secondary N) is 1. The molecule has 1 unspecified atom stereocenters. The van der Waals surface area contributed by atoms with Crippen LogP contribution in [0.2, 0.25) is 5.02 Å². The number of tetrazole rings is 1. The van der Waals surface area contributed by atoms with Gasteiger partial charge < -0.3 is 10.4 Å². The first-order valence-corrected chi connectivity index (χ1v) is 5.48. The number of anilines is 1. The maximum Gasteiger partial charge on any atom is 0.325 e. The minimum Gasteiger partial charge on any atom is -0.480 e. The number of halogens is 1. The van der Waals surface area contributed by atoms with E-state index in [0.717, 1.165) is 0 Å². The van der Waals surface area contributed by atoms with Crippen LogP contribution in [0, 0.1) is 0 Å². The fourth-order valence-electron chi connectivity index (χ4n) is 1.34. The van der Waals surface area contributed by atoms with Gasteiger partial charge in [0.15, 0.2) is 0 Å². The van der Waals surface area contributed by atoms with Crippen molar-refractivity contribution in [2.75, 3.05) is 5.32 Å². The lowest BCUT2D eigenvalue weighted by Gasteiger charge is -2.13. The van der Waals surface area contributed by atoms with Gasteiger partial charge in [-0.15, -0.1) is 5.10 Å². The summed E-state index contributed by atoms with van der Waals surface area (Å²) in [6.07, 6.45) is 1.44. The molecule has 18 heavy (non-hydrogen) atoms. The van der Waals surface area contributed by atoms with Gasteiger partial charge in [0.2, 0.25) is 0 Å². The van der Waals surface area contributed by atoms with Gasteiger partial charge in [0, 0.05) is 0 Å². The van der Waals surface area contributed by atoms with Crippen LogP contribution in [0.5, 0.6) is 0 Å². The minimum atomic E-state index is -0.959. The predicted octanol–water partition coefficient (Wildman–Crippen LogP) is 1.20. The van der Waals surface area contributed by atoms with Crippen LogP contribution in [0.1, 0.15) is 6.92 Å². The van der Waals surface area contributed by atoms with Crippen molar-refractivity contribution in [1.29, 1.82) is 0 Å². The summed E-state index contributed by atoms with van der Waals surface area (Å²) in [5, 5.41) is 22.9. The van der Waals surface area contributed by atoms with Crippen molar-refractivity contribution >= 4 is 23.3 Å². The van der Waals surface area contributed by atoms with Crippen LogP contribution in [0.15, 0.2) is 24.5 Å². The van der Waals surface area contributed by atoms with E-state index in [9.17, 15) is 4.79 Å². The van der Waals surface area contributed by atoms with Gasteiger partial charge >= 0.3 is 5.97 Å². The number of hydrogen-bond acceptors (Lipinski definition) is 5. The second-order valence-corrected chi connectivity index (χ2v) is 4.03. The third-order valence-electron chi connectivity index (χ3n) is 2.31. The molecule has 0 aliphatic heterocycles. The summed E-state index contributed by atoms with van der Waals surface area (Å²) in [7, 11) is 0. The van der Waals surface area contributed by atoms with Gasteiger partial charge in [-0.25, -0.2) is 4.68 Å². The molecule has 1 atom stereocenters. The minimum absolute atomic E-state index is 0.430. The standard InChI is InChI=1S/C10H10ClN5O2/c1-6(10(17)18)13-9-4-7(2-3-8(9)11)16-5-12-14-15-16/h2-6,13H,1H3,(H,17,18). The van der Waals surface area contributed by atoms with Crippen molar-refractivity contribution in [1.82, 2.24) is 20.2 Å². The van der Waals surface area contributed by atoms with Crippen molar-refractivity contribution in [2.45, 2.75) is 13.0 Å². The summed E-state index contributed by atoms with van der Waals surface area (Å²) in [5.74, 6) is -0.959. The Bertz CT molecular complexity index is 557. The first kappa shape index (κ1) is 12.3. The van der Waals surface area contributed by atoms with Crippen LogP contribution >= 0.6 is 11.6 Å². The van der Waals surface area contributed by atoms with Crippen molar-refractivity contribution in [3.8, 4) is 5.69 Å². The average Bonchev–Trinajstić information content (AvgIpc) is 2.85. The second-order valence-electron chi connectivity index (χ2n) is 3.62. The third-order valence-corrected chi connectivity index (χ3v) is 2.64. The SMILES string of the molecule is CC(Nc1cc(-n2cnnn2)ccc1Cl)C(=O)O. The molecule has 7 nitrogen and oxygen atoms in total. The van der Waals surface area contributed by atoms with Gasteiger partial charge in [-0.1, -0.05) is 11.6 Å². The topological polar surface area (TPSA) is 92.9 Å². The van der Waals surface area contributed by atoms with Crippen LogP contribution in [-0.2, 0) is 4.79 Å². The maximum absolute atomic E-state index is 10.8. The summed E-state index contributed by atoms with van der Waals surface area (Å²) < 4.78 is 1.45. The molecular weight excluding hydrogens is 258 g/mol. The molecule has 0 spiro atoms. The second kappa shape index (κ2) is 5.01. The molecule has 1 aromatic heterocycles. The van der Waals surface area contributed by atoms with Crippen LogP contribution < -0.4 is 5.32 Å². The summed E-state index contributed by atoms with van der Waals surface area (Å²) in [5.41, 5.74) is 1.20. The Morgan fingerprint density at radius 1 is 1.56 bits per heavy atom. The average molecular weight is 268 g/mol. The van der Waals surface area contributed by atoms with Gasteiger partial charge in [-0.05, 0) is 35.5 Å². The van der Waals surface area contributed by atoms with E-state index in [1.165, 1.54) is 17.9 Å². The molecule has 1 aromatic carbocycles. The summed E-state index contributed by atoms with van der Waals surface area (Å²) in [4.78, 5) is 10.8. The number of benzene rings is 1. The molecule has 8 heteroatoms. The lowest BCUT2D eigenvalue weighted by atomic mass is 10.2. The molecule has 0 radical (unpaired) electrons. The van der Waals surface area contributed by atoms with Crippen molar-refractivity contribution in [3.05, 3.63) is 29.5 Å². The Labute approximate surface area is 107 Å². The molecule has 0 saturated heterocycles. The Morgan fingerprint density at radius 3 is 2.94 bits per heavy atom. The highest BCUT2D eigenvalue weighted by atomic mass is 35.5. The Morgan fingerprint density at radius 2 is 2.33 bits per heavy atom. The maximum atomic E-state index is 10.8. The lowest BCUT2D eigenvalue weighted by Crippen LogP contribution is -2.25. The number of nitrogens with zero attached hydrogens (tertiary/aromatic N) is 4. The molecule has 0 aliphatic carbocycles. The molecule has 0 saturated carbocycles. The molecule has 0 fully saturated rings. The van der Waals surface area contributed by atoms with E-state index in [1.54, 1.807) is 18.2 Å². The van der Waals surface area contributed by atoms with Gasteiger partial charge in [0.1, 0.15) is 12.4 Å². The number of carboxylic acids is 1. The van der Waals surface area contributed by atoms with E-state index >= 15 is 0 Å². The third kappa shape index (κ3) is 2.57. The largest absolute Gasteiger partial charge is 0.480 e. The van der Waals surface area contributed by atoms with Crippen LogP contribution in [0.4, 0.5) is 5.69 Å². The van der Waals surface area contributed by atoms with Crippen LogP contribution in [0.25, 0.3) is 5.69 Å². The highest BCUT2D eigenvalue weighted by molar-refractivity contribution is 6.33. The van der Waals surface area contributed by atoms with Gasteiger partial charge in [-0.2, -0.15) is 0 Å². The Kier molecular flexibility index (Phi) is 3.42. The van der Waals surface area contributed by atoms with Gasteiger partial charge in [0.05, 0.1) is 16.4 Å². The fraction of sp³-hybridized carbons (Fsp3) is 0.200. The van der Waals surface area contributed by atoms with Gasteiger partial charge in [0.25, 0.3) is 0 Å². The molecule has 2 N–H and O–H groups in total. The summed E-state index contributed by atoms with van der Waals surface area (Å²) in [6, 6.07) is 4.31. The number of aliphatic carboxylic acids is 1. The van der Waals surface area contributed by atoms with Crippen molar-refractivity contribution in [3.63, 3.8) is 0 Å². The zero-order valence-corrected chi connectivity index (χ0v) is 10.2. The van der Waals surface area contributed by atoms with E-state index in [1.807, 2.05) is 0 Å². The lowest BCUT2D eigenvalue weighted by molar-refractivity contribution is -0.137. The summed E-state index contributed by atoms with van der Waals surface area (Å²) >= 11 is 5.99. The molecule has 0 amide bonds. The Balaban J connectivity index is 2.30. The molecule has 2 rings (SSSR count). The zero-order chi connectivity index (χ0) is 13.1.